The van der Waals surface area contributed by atoms with Gasteiger partial charge in [-0.25, -0.2) is 0 Å². The predicted octanol–water partition coefficient (Wildman–Crippen LogP) is 3.39. The van der Waals surface area contributed by atoms with Crippen LogP contribution in [0.2, 0.25) is 0 Å². The summed E-state index contributed by atoms with van der Waals surface area (Å²) in [4.78, 5) is 105. The number of esters is 2. The number of unbranched alkanes of at least 4 members (excludes halogenated alkanes) is 2. The fourth-order valence-electron chi connectivity index (χ4n) is 8.24. The number of nitrogens with one attached hydrogen (secondary N) is 5. The first-order valence-electron chi connectivity index (χ1n) is 24.3. The highest BCUT2D eigenvalue weighted by atomic mass is 16.7. The van der Waals surface area contributed by atoms with Gasteiger partial charge in [-0.15, -0.1) is 0 Å². The monoisotopic (exact) mass is 1040 g/mol. The summed E-state index contributed by atoms with van der Waals surface area (Å²) in [6.07, 6.45) is -6.10. The van der Waals surface area contributed by atoms with Crippen molar-refractivity contribution in [3.05, 3.63) is 122 Å². The van der Waals surface area contributed by atoms with E-state index in [4.69, 9.17) is 29.4 Å². The van der Waals surface area contributed by atoms with Crippen molar-refractivity contribution in [1.29, 1.82) is 0 Å². The molecule has 4 amide bonds. The standard InChI is InChI=1S/C52H61N7O16/c1-29(50(67)58-38(49(53)66)21-23-42(63)71-26-32-13-7-4-8-14-32)55-51(68)30(2)74-48-45(56-31(3)60)52(73-27-33-15-9-5-10-16-33)75-40(47(48)65)28-72-41(62)17-11-6-12-24-54-37-20-22-39(59(69)70)44-43(37)46(64)35-25-34(61)18-19-36(35)57-44/h4-5,7-10,13-16,18-20,22,25,29-30,38,40,45,47-48,52,54,61,65H,6,11-12,17,21,23-24,26-28H2,1-3H3,(H2,53,66)(H,55,68)(H,56,60)(H,57,64)(H,58,67). The number of amides is 4. The number of pyridine rings is 1. The number of phenolic OH excluding ortho intramolecular Hbond substituents is 1. The van der Waals surface area contributed by atoms with Crippen LogP contribution in [0.4, 0.5) is 11.4 Å². The second kappa shape index (κ2) is 26.8. The molecular weight excluding hydrogens is 979 g/mol. The van der Waals surface area contributed by atoms with Crippen molar-refractivity contribution < 1.29 is 67.6 Å². The van der Waals surface area contributed by atoms with Gasteiger partial charge in [-0.1, -0.05) is 67.1 Å². The first-order chi connectivity index (χ1) is 35.9. The number of aromatic amines is 1. The van der Waals surface area contributed by atoms with Crippen molar-refractivity contribution in [2.24, 2.45) is 5.73 Å². The van der Waals surface area contributed by atoms with Crippen LogP contribution < -0.4 is 32.4 Å². The maximum absolute atomic E-state index is 13.6. The summed E-state index contributed by atoms with van der Waals surface area (Å²) in [7, 11) is 0. The number of nitro benzene ring substituents is 1. The molecule has 9 N–H and O–H groups in total. The Balaban J connectivity index is 1.03. The second-order valence-electron chi connectivity index (χ2n) is 17.9. The number of aliphatic hydroxyl groups is 1. The van der Waals surface area contributed by atoms with Crippen LogP contribution in [0.3, 0.4) is 0 Å². The number of rotatable bonds is 26. The number of aromatic hydroxyl groups is 1. The molecule has 0 spiro atoms. The number of anilines is 1. The van der Waals surface area contributed by atoms with Gasteiger partial charge in [0, 0.05) is 43.5 Å². The lowest BCUT2D eigenvalue weighted by Crippen LogP contribution is -2.66. The molecule has 0 aliphatic carbocycles. The number of non-ortho nitro benzene ring substituents is 1. The lowest BCUT2D eigenvalue weighted by atomic mass is 9.96. The van der Waals surface area contributed by atoms with E-state index in [1.165, 1.54) is 51.1 Å². The molecule has 400 valence electrons. The van der Waals surface area contributed by atoms with Gasteiger partial charge in [-0.3, -0.25) is 43.7 Å². The largest absolute Gasteiger partial charge is 0.508 e. The van der Waals surface area contributed by atoms with Crippen molar-refractivity contribution >= 4 is 68.7 Å². The van der Waals surface area contributed by atoms with Gasteiger partial charge >= 0.3 is 11.9 Å². The molecule has 75 heavy (non-hydrogen) atoms. The van der Waals surface area contributed by atoms with Crippen LogP contribution in [-0.2, 0) is 65.7 Å². The van der Waals surface area contributed by atoms with E-state index in [1.54, 1.807) is 48.5 Å². The van der Waals surface area contributed by atoms with E-state index < -0.39 is 101 Å². The van der Waals surface area contributed by atoms with Crippen LogP contribution in [0.1, 0.15) is 70.4 Å². The minimum Gasteiger partial charge on any atom is -0.508 e. The van der Waals surface area contributed by atoms with E-state index in [9.17, 15) is 53.9 Å². The van der Waals surface area contributed by atoms with Gasteiger partial charge < -0.3 is 65.9 Å². The molecule has 0 saturated carbocycles. The summed E-state index contributed by atoms with van der Waals surface area (Å²) < 4.78 is 29.1. The SMILES string of the molecule is CC(=O)NC1C(OCc2ccccc2)OC(COC(=O)CCCCCNc2ccc([N+](=O)[O-])c3[nH]c4ccc(O)cc4c(=O)c23)C(O)C1OC(C)C(=O)NC(C)C(=O)NC(CCC(=O)OCc1ccccc1)C(N)=O. The third-order valence-corrected chi connectivity index (χ3v) is 12.2. The van der Waals surface area contributed by atoms with Gasteiger partial charge in [-0.2, -0.15) is 0 Å². The Labute approximate surface area is 429 Å². The molecule has 2 heterocycles. The number of benzene rings is 4. The smallest absolute Gasteiger partial charge is 0.306 e. The van der Waals surface area contributed by atoms with E-state index in [2.05, 4.69) is 26.3 Å². The average Bonchev–Trinajstić information content (AvgIpc) is 3.38. The number of primary amides is 1. The van der Waals surface area contributed by atoms with Crippen LogP contribution in [0, 0.1) is 10.1 Å². The highest BCUT2D eigenvalue weighted by Crippen LogP contribution is 2.31. The number of phenols is 1. The van der Waals surface area contributed by atoms with E-state index >= 15 is 0 Å². The highest BCUT2D eigenvalue weighted by Gasteiger charge is 2.49. The molecule has 1 aromatic heterocycles. The number of nitro groups is 1. The maximum Gasteiger partial charge on any atom is 0.306 e. The molecule has 6 rings (SSSR count). The van der Waals surface area contributed by atoms with Crippen molar-refractivity contribution in [2.45, 2.75) is 121 Å². The normalized spacial score (nSPS) is 18.5. The van der Waals surface area contributed by atoms with Crippen molar-refractivity contribution in [3.8, 4) is 5.75 Å². The van der Waals surface area contributed by atoms with Gasteiger partial charge in [0.15, 0.2) is 11.7 Å². The number of carbonyl (C=O) groups is 6. The number of carbonyl (C=O) groups excluding carboxylic acids is 6. The maximum atomic E-state index is 13.6. The molecule has 8 unspecified atom stereocenters. The zero-order valence-electron chi connectivity index (χ0n) is 41.5. The van der Waals surface area contributed by atoms with Gasteiger partial charge in [-0.05, 0) is 68.5 Å². The molecule has 23 heteroatoms. The number of hydrogen-bond acceptors (Lipinski definition) is 17. The second-order valence-corrected chi connectivity index (χ2v) is 17.9. The Bertz CT molecular complexity index is 2890. The summed E-state index contributed by atoms with van der Waals surface area (Å²) in [5.41, 5.74) is 6.90. The molecule has 5 aromatic rings. The summed E-state index contributed by atoms with van der Waals surface area (Å²) >= 11 is 0. The Morgan fingerprint density at radius 2 is 1.53 bits per heavy atom. The van der Waals surface area contributed by atoms with E-state index in [-0.39, 0.29) is 60.2 Å². The Morgan fingerprint density at radius 1 is 0.853 bits per heavy atom. The lowest BCUT2D eigenvalue weighted by Gasteiger charge is -2.45. The van der Waals surface area contributed by atoms with E-state index in [0.29, 0.717) is 37.0 Å². The number of hydrogen-bond donors (Lipinski definition) is 8. The number of H-pyrrole nitrogens is 1. The topological polar surface area (TPSA) is 339 Å². The molecule has 23 nitrogen and oxygen atoms in total. The van der Waals surface area contributed by atoms with E-state index in [1.807, 2.05) is 12.1 Å². The molecule has 0 bridgehead atoms. The van der Waals surface area contributed by atoms with Crippen LogP contribution in [-0.4, -0.2) is 118 Å². The summed E-state index contributed by atoms with van der Waals surface area (Å²) in [5.74, 6) is -4.51. The molecule has 0 radical (unpaired) electrons. The Morgan fingerprint density at radius 3 is 2.20 bits per heavy atom. The van der Waals surface area contributed by atoms with Crippen LogP contribution in [0.15, 0.2) is 95.8 Å². The minimum atomic E-state index is -1.63. The lowest BCUT2D eigenvalue weighted by molar-refractivity contribution is -0.383. The molecule has 1 fully saturated rings. The molecule has 1 aliphatic rings. The molecule has 1 aliphatic heterocycles. The van der Waals surface area contributed by atoms with Crippen LogP contribution in [0.25, 0.3) is 21.8 Å². The summed E-state index contributed by atoms with van der Waals surface area (Å²) in [5, 5.41) is 44.5. The molecule has 1 saturated heterocycles. The number of aliphatic hydroxyl groups excluding tert-OH is 1. The number of ether oxygens (including phenoxy) is 5. The first-order valence-corrected chi connectivity index (χ1v) is 24.3. The Kier molecular flexibility index (Phi) is 20.1. The number of fused-ring (bicyclic) bond motifs is 2. The van der Waals surface area contributed by atoms with Crippen molar-refractivity contribution in [3.63, 3.8) is 0 Å². The number of nitrogens with two attached hydrogens (primary N) is 1. The van der Waals surface area contributed by atoms with Gasteiger partial charge in [0.25, 0.3) is 5.69 Å². The van der Waals surface area contributed by atoms with Crippen molar-refractivity contribution in [2.75, 3.05) is 18.5 Å². The third-order valence-electron chi connectivity index (χ3n) is 12.2. The average molecular weight is 1040 g/mol. The zero-order chi connectivity index (χ0) is 54.2. The van der Waals surface area contributed by atoms with Gasteiger partial charge in [0.2, 0.25) is 23.6 Å². The third kappa shape index (κ3) is 15.8. The fraction of sp³-hybridized carbons (Fsp3) is 0.404. The molecular formula is C52H61N7O16. The van der Waals surface area contributed by atoms with Gasteiger partial charge in [0.05, 0.1) is 22.4 Å². The Hall–Kier alpha value is -7.99. The summed E-state index contributed by atoms with van der Waals surface area (Å²) in [6, 6.07) is 21.0. The predicted molar refractivity (Wildman–Crippen MR) is 270 cm³/mol. The van der Waals surface area contributed by atoms with Crippen LogP contribution in [0.5, 0.6) is 5.75 Å². The zero-order valence-corrected chi connectivity index (χ0v) is 41.5. The molecule has 4 aromatic carbocycles. The van der Waals surface area contributed by atoms with Crippen molar-refractivity contribution in [1.82, 2.24) is 20.9 Å². The van der Waals surface area contributed by atoms with Gasteiger partial charge in [0.1, 0.15) is 67.0 Å². The molecule has 8 atom stereocenters. The quantitative estimate of drug-likeness (QED) is 0.0129. The summed E-state index contributed by atoms with van der Waals surface area (Å²) in [6.45, 7) is 3.74. The number of nitrogens with zero attached hydrogens (tertiary/aromatic N) is 1. The highest BCUT2D eigenvalue weighted by molar-refractivity contribution is 6.03. The first kappa shape index (κ1) is 56.3. The minimum absolute atomic E-state index is 0.0139. The fourth-order valence-corrected chi connectivity index (χ4v) is 8.24. The van der Waals surface area contributed by atoms with E-state index in [0.717, 1.165) is 11.1 Å². The number of aromatic nitrogens is 1. The van der Waals surface area contributed by atoms with Crippen LogP contribution >= 0.6 is 0 Å².